The number of halogens is 1. The van der Waals surface area contributed by atoms with Crippen LogP contribution in [0, 0.1) is 5.82 Å². The number of amides is 1. The number of hydroxylamine groups is 1. The third kappa shape index (κ3) is 4.69. The SMILES string of the molecule is COc1cc(CC2C(C)=C(CC(=O)NOc3ccccc3)c3cc(F)ccc32)cc(OC)c1O. The molecule has 0 fully saturated rings. The van der Waals surface area contributed by atoms with Crippen LogP contribution >= 0.6 is 0 Å². The van der Waals surface area contributed by atoms with Crippen LogP contribution < -0.4 is 19.8 Å². The first-order valence-electron chi connectivity index (χ1n) is 10.8. The van der Waals surface area contributed by atoms with Crippen LogP contribution in [0.15, 0.2) is 66.2 Å². The van der Waals surface area contributed by atoms with Crippen molar-refractivity contribution in [2.75, 3.05) is 14.2 Å². The Balaban J connectivity index is 1.61. The first kappa shape index (κ1) is 23.2. The van der Waals surface area contributed by atoms with Crippen molar-refractivity contribution in [3.8, 4) is 23.0 Å². The Morgan fingerprint density at radius 3 is 2.35 bits per heavy atom. The highest BCUT2D eigenvalue weighted by molar-refractivity contribution is 5.92. The average Bonchev–Trinajstić information content (AvgIpc) is 3.09. The summed E-state index contributed by atoms with van der Waals surface area (Å²) < 4.78 is 24.7. The number of aromatic hydroxyl groups is 1. The van der Waals surface area contributed by atoms with E-state index in [0.29, 0.717) is 23.7 Å². The number of ether oxygens (including phenoxy) is 2. The molecule has 34 heavy (non-hydrogen) atoms. The molecule has 1 aliphatic rings. The summed E-state index contributed by atoms with van der Waals surface area (Å²) in [5, 5.41) is 10.2. The summed E-state index contributed by atoms with van der Waals surface area (Å²) in [6.07, 6.45) is 0.608. The Kier molecular flexibility index (Phi) is 6.72. The van der Waals surface area contributed by atoms with E-state index in [1.165, 1.54) is 26.4 Å². The van der Waals surface area contributed by atoms with Gasteiger partial charge in [0.05, 0.1) is 20.6 Å². The fourth-order valence-corrected chi connectivity index (χ4v) is 4.35. The second-order valence-corrected chi connectivity index (χ2v) is 8.12. The van der Waals surface area contributed by atoms with Gasteiger partial charge < -0.3 is 19.4 Å². The lowest BCUT2D eigenvalue weighted by Gasteiger charge is -2.17. The Hall–Kier alpha value is -4.00. The van der Waals surface area contributed by atoms with Gasteiger partial charge in [0.1, 0.15) is 5.82 Å². The lowest BCUT2D eigenvalue weighted by Crippen LogP contribution is -2.26. The van der Waals surface area contributed by atoms with E-state index in [-0.39, 0.29) is 29.8 Å². The van der Waals surface area contributed by atoms with Crippen molar-refractivity contribution in [2.45, 2.75) is 25.7 Å². The standard InChI is InChI=1S/C27H26FNO5/c1-16-21(11-17-12-24(32-2)27(31)25(13-17)33-3)20-10-9-18(28)14-23(20)22(16)15-26(30)29-34-19-7-5-4-6-8-19/h4-10,12-14,21,31H,11,15H2,1-3H3,(H,29,30). The molecule has 0 bridgehead atoms. The summed E-state index contributed by atoms with van der Waals surface area (Å²) in [4.78, 5) is 18.0. The average molecular weight is 464 g/mol. The molecule has 0 aromatic heterocycles. The number of benzene rings is 3. The van der Waals surface area contributed by atoms with Gasteiger partial charge in [-0.15, -0.1) is 0 Å². The molecule has 0 saturated heterocycles. The number of phenols is 1. The molecular formula is C27H26FNO5. The van der Waals surface area contributed by atoms with Gasteiger partial charge in [0.25, 0.3) is 5.91 Å². The van der Waals surface area contributed by atoms with Crippen LogP contribution in [0.4, 0.5) is 4.39 Å². The number of carbonyl (C=O) groups excluding carboxylic acids is 1. The summed E-state index contributed by atoms with van der Waals surface area (Å²) >= 11 is 0. The zero-order chi connectivity index (χ0) is 24.2. The molecule has 0 aliphatic heterocycles. The van der Waals surface area contributed by atoms with E-state index in [1.807, 2.05) is 25.1 Å². The highest BCUT2D eigenvalue weighted by Crippen LogP contribution is 2.46. The van der Waals surface area contributed by atoms with Gasteiger partial charge in [-0.1, -0.05) is 29.8 Å². The molecule has 1 atom stereocenters. The summed E-state index contributed by atoms with van der Waals surface area (Å²) in [5.74, 6) is 0.309. The van der Waals surface area contributed by atoms with E-state index in [4.69, 9.17) is 14.3 Å². The minimum atomic E-state index is -0.362. The number of carbonyl (C=O) groups is 1. The largest absolute Gasteiger partial charge is 0.502 e. The lowest BCUT2D eigenvalue weighted by molar-refractivity contribution is -0.126. The maximum Gasteiger partial charge on any atom is 0.257 e. The zero-order valence-electron chi connectivity index (χ0n) is 19.2. The number of allylic oxidation sites excluding steroid dienone is 1. The molecule has 0 saturated carbocycles. The third-order valence-corrected chi connectivity index (χ3v) is 6.06. The number of phenolic OH excluding ortho intramolecular Hbond substituents is 1. The van der Waals surface area contributed by atoms with Crippen LogP contribution in [0.25, 0.3) is 5.57 Å². The van der Waals surface area contributed by atoms with E-state index in [2.05, 4.69) is 5.48 Å². The Bertz CT molecular complexity index is 1210. The van der Waals surface area contributed by atoms with Crippen LogP contribution in [0.2, 0.25) is 0 Å². The van der Waals surface area contributed by atoms with Crippen molar-refractivity contribution in [1.29, 1.82) is 0 Å². The number of nitrogens with one attached hydrogen (secondary N) is 1. The molecule has 4 rings (SSSR count). The summed E-state index contributed by atoms with van der Waals surface area (Å²) in [5.41, 5.74) is 6.75. The van der Waals surface area contributed by atoms with E-state index >= 15 is 0 Å². The van der Waals surface area contributed by atoms with Gasteiger partial charge in [-0.3, -0.25) is 4.79 Å². The second kappa shape index (κ2) is 9.87. The van der Waals surface area contributed by atoms with Crippen molar-refractivity contribution in [3.63, 3.8) is 0 Å². The number of rotatable bonds is 8. The second-order valence-electron chi connectivity index (χ2n) is 8.12. The van der Waals surface area contributed by atoms with Gasteiger partial charge in [0.15, 0.2) is 17.2 Å². The van der Waals surface area contributed by atoms with Gasteiger partial charge in [0.2, 0.25) is 5.75 Å². The molecule has 1 aliphatic carbocycles. The predicted molar refractivity (Wildman–Crippen MR) is 126 cm³/mol. The van der Waals surface area contributed by atoms with Crippen LogP contribution in [-0.4, -0.2) is 25.2 Å². The third-order valence-electron chi connectivity index (χ3n) is 6.06. The maximum atomic E-state index is 14.2. The summed E-state index contributed by atoms with van der Waals surface area (Å²) in [6, 6.07) is 17.1. The molecule has 0 radical (unpaired) electrons. The van der Waals surface area contributed by atoms with Crippen LogP contribution in [-0.2, 0) is 11.2 Å². The predicted octanol–water partition coefficient (Wildman–Crippen LogP) is 5.16. The smallest absolute Gasteiger partial charge is 0.257 e. The molecule has 176 valence electrons. The van der Waals surface area contributed by atoms with E-state index in [9.17, 15) is 14.3 Å². The van der Waals surface area contributed by atoms with E-state index in [1.54, 1.807) is 30.3 Å². The highest BCUT2D eigenvalue weighted by atomic mass is 19.1. The molecule has 2 N–H and O–H groups in total. The molecule has 0 spiro atoms. The van der Waals surface area contributed by atoms with E-state index < -0.39 is 0 Å². The van der Waals surface area contributed by atoms with Crippen molar-refractivity contribution in [3.05, 3.63) is 88.7 Å². The maximum absolute atomic E-state index is 14.2. The molecular weight excluding hydrogens is 437 g/mol. The van der Waals surface area contributed by atoms with Crippen LogP contribution in [0.5, 0.6) is 23.0 Å². The van der Waals surface area contributed by atoms with Crippen LogP contribution in [0.3, 0.4) is 0 Å². The van der Waals surface area contributed by atoms with Crippen molar-refractivity contribution in [2.24, 2.45) is 0 Å². The number of methoxy groups -OCH3 is 2. The molecule has 0 heterocycles. The molecule has 1 amide bonds. The van der Waals surface area contributed by atoms with Crippen molar-refractivity contribution >= 4 is 11.5 Å². The summed E-state index contributed by atoms with van der Waals surface area (Å²) in [6.45, 7) is 1.96. The number of hydrogen-bond donors (Lipinski definition) is 2. The van der Waals surface area contributed by atoms with Gasteiger partial charge in [-0.05, 0) is 72.0 Å². The molecule has 7 heteroatoms. The monoisotopic (exact) mass is 463 g/mol. The fraction of sp³-hybridized carbons (Fsp3) is 0.222. The first-order valence-corrected chi connectivity index (χ1v) is 10.8. The topological polar surface area (TPSA) is 77.0 Å². The van der Waals surface area contributed by atoms with E-state index in [0.717, 1.165) is 27.8 Å². The van der Waals surface area contributed by atoms with Crippen molar-refractivity contribution in [1.82, 2.24) is 5.48 Å². The zero-order valence-corrected chi connectivity index (χ0v) is 19.2. The molecule has 6 nitrogen and oxygen atoms in total. The highest BCUT2D eigenvalue weighted by Gasteiger charge is 2.31. The Labute approximate surface area is 197 Å². The van der Waals surface area contributed by atoms with Crippen molar-refractivity contribution < 1.29 is 28.6 Å². The number of para-hydroxylation sites is 1. The Morgan fingerprint density at radius 2 is 1.71 bits per heavy atom. The molecule has 3 aromatic rings. The van der Waals surface area contributed by atoms with Gasteiger partial charge in [0, 0.05) is 5.92 Å². The van der Waals surface area contributed by atoms with Gasteiger partial charge >= 0.3 is 0 Å². The molecule has 1 unspecified atom stereocenters. The first-order chi connectivity index (χ1) is 16.4. The van der Waals surface area contributed by atoms with Gasteiger partial charge in [-0.2, -0.15) is 5.48 Å². The number of fused-ring (bicyclic) bond motifs is 1. The lowest BCUT2D eigenvalue weighted by atomic mass is 9.89. The quantitative estimate of drug-likeness (QED) is 0.451. The number of hydrogen-bond acceptors (Lipinski definition) is 5. The summed E-state index contributed by atoms with van der Waals surface area (Å²) in [7, 11) is 2.95. The minimum Gasteiger partial charge on any atom is -0.502 e. The minimum absolute atomic E-state index is 0.0494. The fourth-order valence-electron chi connectivity index (χ4n) is 4.35. The molecule has 3 aromatic carbocycles. The Morgan fingerprint density at radius 1 is 1.03 bits per heavy atom. The normalized spacial score (nSPS) is 14.5. The van der Waals surface area contributed by atoms with Gasteiger partial charge in [-0.25, -0.2) is 4.39 Å². The van der Waals surface area contributed by atoms with Crippen LogP contribution in [0.1, 0.15) is 36.0 Å².